The van der Waals surface area contributed by atoms with Gasteiger partial charge in [0.15, 0.2) is 0 Å². The second-order valence-corrected chi connectivity index (χ2v) is 7.40. The first-order valence-electron chi connectivity index (χ1n) is 8.03. The molecule has 0 atom stereocenters. The van der Waals surface area contributed by atoms with E-state index in [1.165, 1.54) is 44.9 Å². The molecule has 0 radical (unpaired) electrons. The Kier molecular flexibility index (Phi) is 2.86. The van der Waals surface area contributed by atoms with Crippen molar-refractivity contribution in [2.45, 2.75) is 44.9 Å². The Bertz CT molecular complexity index is 464. The number of rotatable bonds is 4. The molecule has 4 nitrogen and oxygen atoms in total. The topological polar surface area (TPSA) is 63.8 Å². The monoisotopic (exact) mass is 272 g/mol. The lowest BCUT2D eigenvalue weighted by atomic mass is 9.49. The molecule has 0 amide bonds. The largest absolute Gasteiger partial charge is 0.384 e. The fourth-order valence-electron chi connectivity index (χ4n) is 5.49. The molecule has 4 fully saturated rings. The number of nitrogen functional groups attached to an aromatic ring is 1. The molecule has 4 saturated carbocycles. The van der Waals surface area contributed by atoms with Gasteiger partial charge >= 0.3 is 0 Å². The van der Waals surface area contributed by atoms with Crippen LogP contribution in [0, 0.1) is 23.2 Å². The molecule has 108 valence electrons. The Labute approximate surface area is 120 Å². The van der Waals surface area contributed by atoms with Crippen LogP contribution in [-0.2, 0) is 0 Å². The van der Waals surface area contributed by atoms with E-state index in [2.05, 4.69) is 15.3 Å². The Morgan fingerprint density at radius 1 is 1.15 bits per heavy atom. The quantitative estimate of drug-likeness (QED) is 0.884. The number of hydrogen-bond donors (Lipinski definition) is 2. The molecule has 4 heteroatoms. The summed E-state index contributed by atoms with van der Waals surface area (Å²) >= 11 is 0. The standard InChI is InChI=1S/C16H24N4/c17-14-1-3-18-15(20-14)19-4-2-16-8-11-5-12(9-16)7-13(6-11)10-16/h1,3,11-13H,2,4-10H2,(H3,17,18,19,20). The highest BCUT2D eigenvalue weighted by atomic mass is 15.1. The Morgan fingerprint density at radius 3 is 2.40 bits per heavy atom. The van der Waals surface area contributed by atoms with Crippen molar-refractivity contribution in [2.75, 3.05) is 17.6 Å². The number of anilines is 2. The predicted molar refractivity (Wildman–Crippen MR) is 80.2 cm³/mol. The fourth-order valence-corrected chi connectivity index (χ4v) is 5.49. The molecule has 0 unspecified atom stereocenters. The molecule has 5 rings (SSSR count). The van der Waals surface area contributed by atoms with Crippen LogP contribution in [0.3, 0.4) is 0 Å². The molecule has 0 aromatic carbocycles. The van der Waals surface area contributed by atoms with Crippen molar-refractivity contribution in [3.63, 3.8) is 0 Å². The minimum absolute atomic E-state index is 0.539. The van der Waals surface area contributed by atoms with E-state index in [1.54, 1.807) is 12.3 Å². The lowest BCUT2D eigenvalue weighted by molar-refractivity contribution is -0.0552. The third-order valence-corrected chi connectivity index (χ3v) is 5.78. The minimum atomic E-state index is 0.539. The second kappa shape index (κ2) is 4.61. The van der Waals surface area contributed by atoms with Gasteiger partial charge in [-0.1, -0.05) is 0 Å². The summed E-state index contributed by atoms with van der Waals surface area (Å²) in [5, 5.41) is 3.36. The van der Waals surface area contributed by atoms with E-state index in [9.17, 15) is 0 Å². The molecule has 1 aromatic rings. The van der Waals surface area contributed by atoms with Crippen molar-refractivity contribution in [1.82, 2.24) is 9.97 Å². The van der Waals surface area contributed by atoms with Crippen molar-refractivity contribution in [2.24, 2.45) is 23.2 Å². The average Bonchev–Trinajstić information content (AvgIpc) is 2.36. The summed E-state index contributed by atoms with van der Waals surface area (Å²) in [4.78, 5) is 8.43. The molecule has 4 bridgehead atoms. The molecule has 0 aliphatic heterocycles. The molecule has 0 spiro atoms. The summed E-state index contributed by atoms with van der Waals surface area (Å²) < 4.78 is 0. The van der Waals surface area contributed by atoms with Gasteiger partial charge in [0.2, 0.25) is 5.95 Å². The number of hydrogen-bond acceptors (Lipinski definition) is 4. The highest BCUT2D eigenvalue weighted by Crippen LogP contribution is 2.61. The SMILES string of the molecule is Nc1ccnc(NCCC23CC4CC(CC(C4)C2)C3)n1. The molecule has 4 aliphatic rings. The van der Waals surface area contributed by atoms with Crippen LogP contribution in [0.4, 0.5) is 11.8 Å². The first-order chi connectivity index (χ1) is 9.71. The van der Waals surface area contributed by atoms with Crippen LogP contribution in [0.2, 0.25) is 0 Å². The summed E-state index contributed by atoms with van der Waals surface area (Å²) in [5.74, 6) is 4.31. The Morgan fingerprint density at radius 2 is 1.80 bits per heavy atom. The van der Waals surface area contributed by atoms with Gasteiger partial charge in [-0.25, -0.2) is 4.98 Å². The van der Waals surface area contributed by atoms with Gasteiger partial charge < -0.3 is 11.1 Å². The van der Waals surface area contributed by atoms with Gasteiger partial charge in [-0.2, -0.15) is 4.98 Å². The smallest absolute Gasteiger partial charge is 0.224 e. The van der Waals surface area contributed by atoms with Crippen molar-refractivity contribution < 1.29 is 0 Å². The molecule has 1 aromatic heterocycles. The maximum Gasteiger partial charge on any atom is 0.224 e. The third kappa shape index (κ3) is 2.25. The molecular formula is C16H24N4. The van der Waals surface area contributed by atoms with Gasteiger partial charge in [0.1, 0.15) is 5.82 Å². The summed E-state index contributed by atoms with van der Waals surface area (Å²) in [5.41, 5.74) is 6.31. The van der Waals surface area contributed by atoms with Crippen LogP contribution in [0.25, 0.3) is 0 Å². The lowest BCUT2D eigenvalue weighted by Gasteiger charge is -2.57. The Hall–Kier alpha value is -1.32. The zero-order valence-corrected chi connectivity index (χ0v) is 12.0. The van der Waals surface area contributed by atoms with Crippen molar-refractivity contribution >= 4 is 11.8 Å². The van der Waals surface area contributed by atoms with Crippen LogP contribution in [0.1, 0.15) is 44.9 Å². The summed E-state index contributed by atoms with van der Waals surface area (Å²) in [7, 11) is 0. The minimum Gasteiger partial charge on any atom is -0.384 e. The van der Waals surface area contributed by atoms with Gasteiger partial charge in [-0.15, -0.1) is 0 Å². The van der Waals surface area contributed by atoms with Crippen LogP contribution in [0.15, 0.2) is 12.3 Å². The molecule has 20 heavy (non-hydrogen) atoms. The van der Waals surface area contributed by atoms with Gasteiger partial charge in [-0.05, 0) is 74.2 Å². The average molecular weight is 272 g/mol. The summed E-state index contributed by atoms with van der Waals surface area (Å²) in [6, 6.07) is 1.73. The maximum absolute atomic E-state index is 5.69. The zero-order chi connectivity index (χ0) is 13.6. The number of nitrogens with one attached hydrogen (secondary N) is 1. The lowest BCUT2D eigenvalue weighted by Crippen LogP contribution is -2.46. The number of aromatic nitrogens is 2. The highest BCUT2D eigenvalue weighted by Gasteiger charge is 2.50. The van der Waals surface area contributed by atoms with E-state index in [-0.39, 0.29) is 0 Å². The van der Waals surface area contributed by atoms with E-state index in [0.717, 1.165) is 24.3 Å². The zero-order valence-electron chi connectivity index (χ0n) is 12.0. The van der Waals surface area contributed by atoms with E-state index in [4.69, 9.17) is 5.73 Å². The fraction of sp³-hybridized carbons (Fsp3) is 0.750. The molecule has 3 N–H and O–H groups in total. The normalized spacial score (nSPS) is 38.1. The van der Waals surface area contributed by atoms with E-state index >= 15 is 0 Å². The van der Waals surface area contributed by atoms with E-state index < -0.39 is 0 Å². The third-order valence-electron chi connectivity index (χ3n) is 5.78. The van der Waals surface area contributed by atoms with Crippen molar-refractivity contribution in [1.29, 1.82) is 0 Å². The number of nitrogens with two attached hydrogens (primary N) is 1. The molecule has 0 saturated heterocycles. The van der Waals surface area contributed by atoms with Crippen LogP contribution >= 0.6 is 0 Å². The highest BCUT2D eigenvalue weighted by molar-refractivity contribution is 5.34. The summed E-state index contributed by atoms with van der Waals surface area (Å²) in [6.07, 6.45) is 12.0. The Balaban J connectivity index is 1.37. The second-order valence-electron chi connectivity index (χ2n) is 7.40. The first-order valence-corrected chi connectivity index (χ1v) is 8.03. The molecule has 1 heterocycles. The first kappa shape index (κ1) is 12.4. The van der Waals surface area contributed by atoms with Gasteiger partial charge in [0.05, 0.1) is 0 Å². The number of nitrogens with zero attached hydrogens (tertiary/aromatic N) is 2. The maximum atomic E-state index is 5.69. The van der Waals surface area contributed by atoms with E-state index in [1.807, 2.05) is 0 Å². The molecule has 4 aliphatic carbocycles. The van der Waals surface area contributed by atoms with E-state index in [0.29, 0.717) is 17.2 Å². The van der Waals surface area contributed by atoms with Crippen molar-refractivity contribution in [3.05, 3.63) is 12.3 Å². The van der Waals surface area contributed by atoms with Crippen LogP contribution in [-0.4, -0.2) is 16.5 Å². The van der Waals surface area contributed by atoms with Gasteiger partial charge in [0, 0.05) is 12.7 Å². The van der Waals surface area contributed by atoms with Gasteiger partial charge in [0.25, 0.3) is 0 Å². The van der Waals surface area contributed by atoms with Crippen LogP contribution in [0.5, 0.6) is 0 Å². The van der Waals surface area contributed by atoms with Crippen molar-refractivity contribution in [3.8, 4) is 0 Å². The van der Waals surface area contributed by atoms with Gasteiger partial charge in [-0.3, -0.25) is 0 Å². The molecular weight excluding hydrogens is 248 g/mol. The van der Waals surface area contributed by atoms with Crippen LogP contribution < -0.4 is 11.1 Å². The summed E-state index contributed by atoms with van der Waals surface area (Å²) in [6.45, 7) is 0.982. The predicted octanol–water partition coefficient (Wildman–Crippen LogP) is 3.08.